The number of benzene rings is 2. The van der Waals surface area contributed by atoms with E-state index in [0.717, 1.165) is 24.2 Å². The van der Waals surface area contributed by atoms with Gasteiger partial charge in [0.25, 0.3) is 0 Å². The molecule has 0 fully saturated rings. The zero-order valence-electron chi connectivity index (χ0n) is 12.1. The lowest BCUT2D eigenvalue weighted by molar-refractivity contribution is 0.0981. The molecule has 0 aromatic heterocycles. The van der Waals surface area contributed by atoms with Gasteiger partial charge in [-0.05, 0) is 24.6 Å². The molecule has 0 atom stereocenters. The average molecular weight is 278 g/mol. The zero-order chi connectivity index (χ0) is 15.1. The SMILES string of the molecule is CN(CCCC(=O)c1ccccc1)c1cccc(C#N)c1. The third kappa shape index (κ3) is 4.19. The minimum Gasteiger partial charge on any atom is -0.375 e. The van der Waals surface area contributed by atoms with Crippen molar-refractivity contribution in [3.63, 3.8) is 0 Å². The number of anilines is 1. The molecule has 0 heterocycles. The fraction of sp³-hybridized carbons (Fsp3) is 0.222. The number of nitrogens with zero attached hydrogens (tertiary/aromatic N) is 2. The third-order valence-corrected chi connectivity index (χ3v) is 3.41. The molecular formula is C18H18N2O. The van der Waals surface area contributed by atoms with E-state index >= 15 is 0 Å². The van der Waals surface area contributed by atoms with E-state index in [1.54, 1.807) is 6.07 Å². The van der Waals surface area contributed by atoms with Crippen LogP contribution in [0.4, 0.5) is 5.69 Å². The highest BCUT2D eigenvalue weighted by atomic mass is 16.1. The summed E-state index contributed by atoms with van der Waals surface area (Å²) in [5.74, 6) is 0.176. The van der Waals surface area contributed by atoms with E-state index in [1.807, 2.05) is 55.6 Å². The first kappa shape index (κ1) is 14.8. The molecule has 0 unspecified atom stereocenters. The Hall–Kier alpha value is -2.60. The Bertz CT molecular complexity index is 644. The van der Waals surface area contributed by atoms with E-state index in [2.05, 4.69) is 11.0 Å². The van der Waals surface area contributed by atoms with Crippen molar-refractivity contribution in [2.45, 2.75) is 12.8 Å². The summed E-state index contributed by atoms with van der Waals surface area (Å²) in [6.45, 7) is 0.785. The molecule has 0 saturated heterocycles. The number of hydrogen-bond donors (Lipinski definition) is 0. The quantitative estimate of drug-likeness (QED) is 0.757. The van der Waals surface area contributed by atoms with Crippen molar-refractivity contribution < 1.29 is 4.79 Å². The van der Waals surface area contributed by atoms with Crippen molar-refractivity contribution in [2.24, 2.45) is 0 Å². The van der Waals surface area contributed by atoms with Crippen LogP contribution in [0.2, 0.25) is 0 Å². The highest BCUT2D eigenvalue weighted by molar-refractivity contribution is 5.95. The Labute approximate surface area is 125 Å². The smallest absolute Gasteiger partial charge is 0.162 e. The molecule has 0 aliphatic rings. The van der Waals surface area contributed by atoms with Gasteiger partial charge in [0.05, 0.1) is 11.6 Å². The third-order valence-electron chi connectivity index (χ3n) is 3.41. The summed E-state index contributed by atoms with van der Waals surface area (Å²) in [6, 6.07) is 19.0. The van der Waals surface area contributed by atoms with Crippen LogP contribution in [-0.4, -0.2) is 19.4 Å². The van der Waals surface area contributed by atoms with Crippen molar-refractivity contribution >= 4 is 11.5 Å². The Morgan fingerprint density at radius 3 is 2.62 bits per heavy atom. The topological polar surface area (TPSA) is 44.1 Å². The van der Waals surface area contributed by atoms with Crippen LogP contribution in [0.15, 0.2) is 54.6 Å². The fourth-order valence-corrected chi connectivity index (χ4v) is 2.19. The second kappa shape index (κ2) is 7.25. The van der Waals surface area contributed by atoms with E-state index in [0.29, 0.717) is 12.0 Å². The molecule has 2 aromatic rings. The molecular weight excluding hydrogens is 260 g/mol. The number of ketones is 1. The first-order valence-electron chi connectivity index (χ1n) is 7.00. The monoisotopic (exact) mass is 278 g/mol. The number of nitriles is 1. The first-order chi connectivity index (χ1) is 10.2. The lowest BCUT2D eigenvalue weighted by Gasteiger charge is -2.19. The van der Waals surface area contributed by atoms with Gasteiger partial charge in [-0.25, -0.2) is 0 Å². The summed E-state index contributed by atoms with van der Waals surface area (Å²) >= 11 is 0. The summed E-state index contributed by atoms with van der Waals surface area (Å²) in [5, 5.41) is 8.91. The van der Waals surface area contributed by atoms with Gasteiger partial charge in [0.15, 0.2) is 5.78 Å². The summed E-state index contributed by atoms with van der Waals surface area (Å²) in [4.78, 5) is 14.1. The minimum atomic E-state index is 0.176. The van der Waals surface area contributed by atoms with Crippen LogP contribution < -0.4 is 4.90 Å². The number of carbonyl (C=O) groups is 1. The van der Waals surface area contributed by atoms with E-state index in [4.69, 9.17) is 5.26 Å². The van der Waals surface area contributed by atoms with E-state index in [1.165, 1.54) is 0 Å². The summed E-state index contributed by atoms with van der Waals surface area (Å²) < 4.78 is 0. The molecule has 0 spiro atoms. The van der Waals surface area contributed by atoms with Crippen LogP contribution >= 0.6 is 0 Å². The van der Waals surface area contributed by atoms with E-state index < -0.39 is 0 Å². The Morgan fingerprint density at radius 2 is 1.90 bits per heavy atom. The number of carbonyl (C=O) groups excluding carboxylic acids is 1. The lowest BCUT2D eigenvalue weighted by atomic mass is 10.1. The Morgan fingerprint density at radius 1 is 1.14 bits per heavy atom. The van der Waals surface area contributed by atoms with Crippen LogP contribution in [-0.2, 0) is 0 Å². The van der Waals surface area contributed by atoms with Crippen LogP contribution in [0.1, 0.15) is 28.8 Å². The number of rotatable bonds is 6. The van der Waals surface area contributed by atoms with Crippen LogP contribution in [0.3, 0.4) is 0 Å². The minimum absolute atomic E-state index is 0.176. The molecule has 0 aliphatic heterocycles. The lowest BCUT2D eigenvalue weighted by Crippen LogP contribution is -2.19. The zero-order valence-corrected chi connectivity index (χ0v) is 12.1. The largest absolute Gasteiger partial charge is 0.375 e. The van der Waals surface area contributed by atoms with Gasteiger partial charge < -0.3 is 4.90 Å². The molecule has 106 valence electrons. The predicted octanol–water partition coefficient (Wildman–Crippen LogP) is 3.66. The van der Waals surface area contributed by atoms with Gasteiger partial charge in [-0.15, -0.1) is 0 Å². The molecule has 0 amide bonds. The van der Waals surface area contributed by atoms with Gasteiger partial charge in [-0.1, -0.05) is 36.4 Å². The molecule has 0 bridgehead atoms. The molecule has 2 aromatic carbocycles. The van der Waals surface area contributed by atoms with Crippen molar-refractivity contribution in [3.8, 4) is 6.07 Å². The fourth-order valence-electron chi connectivity index (χ4n) is 2.19. The van der Waals surface area contributed by atoms with Gasteiger partial charge in [-0.2, -0.15) is 5.26 Å². The normalized spacial score (nSPS) is 9.90. The van der Waals surface area contributed by atoms with Gasteiger partial charge in [0.1, 0.15) is 0 Å². The summed E-state index contributed by atoms with van der Waals surface area (Å²) in [5.41, 5.74) is 2.42. The standard InChI is InChI=1S/C18H18N2O/c1-20(17-10-5-7-15(13-17)14-19)12-6-11-18(21)16-8-3-2-4-9-16/h2-5,7-10,13H,6,11-12H2,1H3. The predicted molar refractivity (Wildman–Crippen MR) is 84.4 cm³/mol. The van der Waals surface area contributed by atoms with Gasteiger partial charge >= 0.3 is 0 Å². The van der Waals surface area contributed by atoms with Crippen LogP contribution in [0.5, 0.6) is 0 Å². The van der Waals surface area contributed by atoms with Crippen molar-refractivity contribution in [1.82, 2.24) is 0 Å². The molecule has 0 N–H and O–H groups in total. The Balaban J connectivity index is 1.86. The molecule has 3 heteroatoms. The van der Waals surface area contributed by atoms with Crippen molar-refractivity contribution in [1.29, 1.82) is 5.26 Å². The molecule has 3 nitrogen and oxygen atoms in total. The molecule has 21 heavy (non-hydrogen) atoms. The van der Waals surface area contributed by atoms with Gasteiger partial charge in [0, 0.05) is 31.3 Å². The summed E-state index contributed by atoms with van der Waals surface area (Å²) in [6.07, 6.45) is 1.33. The second-order valence-corrected chi connectivity index (χ2v) is 4.98. The van der Waals surface area contributed by atoms with Gasteiger partial charge in [0.2, 0.25) is 0 Å². The highest BCUT2D eigenvalue weighted by Gasteiger charge is 2.06. The summed E-state index contributed by atoms with van der Waals surface area (Å²) in [7, 11) is 1.98. The molecule has 0 aliphatic carbocycles. The Kier molecular flexibility index (Phi) is 5.11. The van der Waals surface area contributed by atoms with Crippen molar-refractivity contribution in [3.05, 3.63) is 65.7 Å². The maximum absolute atomic E-state index is 12.0. The highest BCUT2D eigenvalue weighted by Crippen LogP contribution is 2.15. The number of hydrogen-bond acceptors (Lipinski definition) is 3. The molecule has 0 saturated carbocycles. The van der Waals surface area contributed by atoms with Crippen LogP contribution in [0.25, 0.3) is 0 Å². The van der Waals surface area contributed by atoms with Crippen LogP contribution in [0, 0.1) is 11.3 Å². The maximum atomic E-state index is 12.0. The van der Waals surface area contributed by atoms with E-state index in [9.17, 15) is 4.79 Å². The van der Waals surface area contributed by atoms with E-state index in [-0.39, 0.29) is 5.78 Å². The molecule has 0 radical (unpaired) electrons. The second-order valence-electron chi connectivity index (χ2n) is 4.98. The first-order valence-corrected chi connectivity index (χ1v) is 7.00. The maximum Gasteiger partial charge on any atom is 0.162 e. The number of Topliss-reactive ketones (excluding diaryl/α,β-unsaturated/α-hetero) is 1. The molecule has 2 rings (SSSR count). The van der Waals surface area contributed by atoms with Crippen molar-refractivity contribution in [2.75, 3.05) is 18.5 Å². The van der Waals surface area contributed by atoms with Gasteiger partial charge in [-0.3, -0.25) is 4.79 Å². The average Bonchev–Trinajstić information content (AvgIpc) is 2.55.